The number of rotatable bonds is 7. The third kappa shape index (κ3) is 5.08. The Morgan fingerprint density at radius 1 is 0.459 bits per heavy atom. The van der Waals surface area contributed by atoms with E-state index in [0.29, 0.717) is 17.8 Å². The van der Waals surface area contributed by atoms with Gasteiger partial charge in [0.05, 0.1) is 11.4 Å². The van der Waals surface area contributed by atoms with Gasteiger partial charge in [-0.05, 0) is 185 Å². The largest absolute Gasteiger partial charge is 0.310 e. The van der Waals surface area contributed by atoms with Crippen molar-refractivity contribution in [1.82, 2.24) is 0 Å². The minimum absolute atomic E-state index is 0.0875. The summed E-state index contributed by atoms with van der Waals surface area (Å²) in [5, 5.41) is 0. The Morgan fingerprint density at radius 3 is 1.62 bits per heavy atom. The first kappa shape index (κ1) is 35.9. The molecule has 0 aliphatic heterocycles. The van der Waals surface area contributed by atoms with Crippen LogP contribution in [0.15, 0.2) is 164 Å². The van der Waals surface area contributed by atoms with Crippen molar-refractivity contribution < 1.29 is 0 Å². The Balaban J connectivity index is 1.03. The zero-order valence-corrected chi connectivity index (χ0v) is 35.5. The van der Waals surface area contributed by atoms with Crippen LogP contribution in [0.2, 0.25) is 0 Å². The summed E-state index contributed by atoms with van der Waals surface area (Å²) in [5.74, 6) is 3.62. The summed E-state index contributed by atoms with van der Waals surface area (Å²) >= 11 is 0. The molecular weight excluding hydrogens is 737 g/mol. The third-order valence-electron chi connectivity index (χ3n) is 16.8. The average molecular weight is 791 g/mol. The van der Waals surface area contributed by atoms with E-state index in [-0.39, 0.29) is 10.8 Å². The van der Waals surface area contributed by atoms with E-state index < -0.39 is 0 Å². The Hall–Kier alpha value is -5.86. The minimum atomic E-state index is -0.0901. The van der Waals surface area contributed by atoms with Crippen molar-refractivity contribution in [2.75, 3.05) is 9.80 Å². The third-order valence-corrected chi connectivity index (χ3v) is 16.8. The SMILES string of the molecule is CC1(C)c2ccccc2-c2ccc(N(c3ccc(C4CC5CCC4C5)cc3)c3cccc4c3C35c6c(cccc6N(c6ccccc6)c6ccccc6)CC3CCC5C4)cc21. The smallest absolute Gasteiger partial charge is 0.0505 e. The highest BCUT2D eigenvalue weighted by molar-refractivity contribution is 5.89. The molecule has 61 heavy (non-hydrogen) atoms. The Labute approximate surface area is 361 Å². The van der Waals surface area contributed by atoms with E-state index in [1.165, 1.54) is 100 Å². The molecule has 1 spiro atoms. The molecule has 3 saturated carbocycles. The normalized spacial score (nSPS) is 25.4. The lowest BCUT2D eigenvalue weighted by molar-refractivity contribution is 0.350. The van der Waals surface area contributed by atoms with E-state index in [4.69, 9.17) is 0 Å². The van der Waals surface area contributed by atoms with Crippen LogP contribution in [0.3, 0.4) is 0 Å². The molecule has 300 valence electrons. The number of para-hydroxylation sites is 2. The van der Waals surface area contributed by atoms with Gasteiger partial charge in [0.2, 0.25) is 0 Å². The molecule has 0 N–H and O–H groups in total. The summed E-state index contributed by atoms with van der Waals surface area (Å²) in [4.78, 5) is 5.24. The Morgan fingerprint density at radius 2 is 1.02 bits per heavy atom. The average Bonchev–Trinajstić information content (AvgIpc) is 4.16. The van der Waals surface area contributed by atoms with Crippen LogP contribution in [0.25, 0.3) is 11.1 Å². The summed E-state index contributed by atoms with van der Waals surface area (Å²) in [6.07, 6.45) is 10.5. The van der Waals surface area contributed by atoms with Gasteiger partial charge in [0.25, 0.3) is 0 Å². The van der Waals surface area contributed by atoms with E-state index in [1.54, 1.807) is 22.3 Å². The summed E-state index contributed by atoms with van der Waals surface area (Å²) in [7, 11) is 0. The monoisotopic (exact) mass is 790 g/mol. The number of benzene rings is 7. The highest BCUT2D eigenvalue weighted by Gasteiger charge is 2.62. The first-order valence-electron chi connectivity index (χ1n) is 23.3. The predicted octanol–water partition coefficient (Wildman–Crippen LogP) is 15.3. The van der Waals surface area contributed by atoms with Crippen LogP contribution < -0.4 is 9.80 Å². The van der Waals surface area contributed by atoms with Gasteiger partial charge in [-0.15, -0.1) is 0 Å². The van der Waals surface area contributed by atoms with Crippen molar-refractivity contribution in [1.29, 1.82) is 0 Å². The fourth-order valence-corrected chi connectivity index (χ4v) is 14.4. The lowest BCUT2D eigenvalue weighted by Crippen LogP contribution is -2.34. The summed E-state index contributed by atoms with van der Waals surface area (Å²) < 4.78 is 0. The van der Waals surface area contributed by atoms with Crippen molar-refractivity contribution in [3.63, 3.8) is 0 Å². The molecule has 0 amide bonds. The van der Waals surface area contributed by atoms with E-state index in [1.807, 2.05) is 0 Å². The molecule has 7 aromatic carbocycles. The highest BCUT2D eigenvalue weighted by atomic mass is 15.2. The fourth-order valence-electron chi connectivity index (χ4n) is 14.4. The molecule has 2 nitrogen and oxygen atoms in total. The molecule has 13 rings (SSSR count). The molecule has 3 fully saturated rings. The topological polar surface area (TPSA) is 6.48 Å². The molecule has 6 aliphatic rings. The quantitative estimate of drug-likeness (QED) is 0.159. The van der Waals surface area contributed by atoms with Gasteiger partial charge >= 0.3 is 0 Å². The molecule has 0 radical (unpaired) electrons. The van der Waals surface area contributed by atoms with Crippen LogP contribution in [0, 0.1) is 23.7 Å². The van der Waals surface area contributed by atoms with Crippen molar-refractivity contribution in [3.8, 4) is 11.1 Å². The van der Waals surface area contributed by atoms with Gasteiger partial charge in [0, 0.05) is 33.6 Å². The summed E-state index contributed by atoms with van der Waals surface area (Å²) in [6.45, 7) is 4.84. The predicted molar refractivity (Wildman–Crippen MR) is 252 cm³/mol. The number of hydrogen-bond acceptors (Lipinski definition) is 2. The highest BCUT2D eigenvalue weighted by Crippen LogP contribution is 2.69. The summed E-state index contributed by atoms with van der Waals surface area (Å²) in [6, 6.07) is 63.2. The zero-order valence-electron chi connectivity index (χ0n) is 35.5. The van der Waals surface area contributed by atoms with Crippen molar-refractivity contribution in [2.45, 2.75) is 82.0 Å². The van der Waals surface area contributed by atoms with E-state index >= 15 is 0 Å². The summed E-state index contributed by atoms with van der Waals surface area (Å²) in [5.41, 5.74) is 20.8. The first-order valence-corrected chi connectivity index (χ1v) is 23.3. The maximum Gasteiger partial charge on any atom is 0.0505 e. The molecule has 0 heterocycles. The molecule has 0 aromatic heterocycles. The van der Waals surface area contributed by atoms with E-state index in [9.17, 15) is 0 Å². The maximum atomic E-state index is 2.68. The van der Waals surface area contributed by atoms with Crippen LogP contribution in [-0.4, -0.2) is 0 Å². The molecule has 6 unspecified atom stereocenters. The molecule has 7 aromatic rings. The maximum absolute atomic E-state index is 2.68. The van der Waals surface area contributed by atoms with Crippen molar-refractivity contribution in [3.05, 3.63) is 203 Å². The number of hydrogen-bond donors (Lipinski definition) is 0. The second-order valence-electron chi connectivity index (χ2n) is 20.0. The standard InChI is InChI=1S/C59H54N2/c1-58(2)52-20-10-9-19-49(52)50-32-31-48(37-53(50)58)61(47-29-25-39(26-30-47)51-34-38-23-24-40(51)33-38)55-22-12-14-42-36-44-28-27-43-35-41-13-11-21-54(56(41)59(43,44)57(42)55)60(45-15-5-3-6-16-45)46-17-7-4-8-18-46/h3-22,25-26,29-32,37-38,40,43-44,51H,23-24,27-28,33-36H2,1-2H3. The number of fused-ring (bicyclic) bond motifs is 7. The molecule has 2 heteroatoms. The van der Waals surface area contributed by atoms with Crippen LogP contribution in [0.5, 0.6) is 0 Å². The van der Waals surface area contributed by atoms with Gasteiger partial charge in [-0.2, -0.15) is 0 Å². The molecule has 2 bridgehead atoms. The van der Waals surface area contributed by atoms with Crippen molar-refractivity contribution in [2.24, 2.45) is 23.7 Å². The minimum Gasteiger partial charge on any atom is -0.310 e. The molecular formula is C59H54N2. The zero-order chi connectivity index (χ0) is 40.5. The van der Waals surface area contributed by atoms with Gasteiger partial charge in [-0.25, -0.2) is 0 Å². The molecule has 6 atom stereocenters. The van der Waals surface area contributed by atoms with Crippen LogP contribution >= 0.6 is 0 Å². The van der Waals surface area contributed by atoms with Gasteiger partial charge < -0.3 is 9.80 Å². The van der Waals surface area contributed by atoms with Crippen LogP contribution in [0.4, 0.5) is 34.1 Å². The Kier molecular flexibility index (Phi) is 7.83. The second kappa shape index (κ2) is 13.3. The number of nitrogens with zero attached hydrogens (tertiary/aromatic N) is 2. The van der Waals surface area contributed by atoms with Crippen LogP contribution in [-0.2, 0) is 23.7 Å². The van der Waals surface area contributed by atoms with Crippen LogP contribution in [0.1, 0.15) is 97.2 Å². The Bertz CT molecular complexity index is 2790. The molecule has 6 aliphatic carbocycles. The van der Waals surface area contributed by atoms with E-state index in [0.717, 1.165) is 24.7 Å². The van der Waals surface area contributed by atoms with Gasteiger partial charge in [-0.1, -0.05) is 123 Å². The van der Waals surface area contributed by atoms with Gasteiger partial charge in [0.15, 0.2) is 0 Å². The van der Waals surface area contributed by atoms with Gasteiger partial charge in [0.1, 0.15) is 0 Å². The lowest BCUT2D eigenvalue weighted by atomic mass is 9.68. The van der Waals surface area contributed by atoms with E-state index in [2.05, 4.69) is 187 Å². The van der Waals surface area contributed by atoms with Crippen molar-refractivity contribution >= 4 is 34.1 Å². The number of anilines is 6. The fraction of sp³-hybridized carbons (Fsp3) is 0.288. The lowest BCUT2D eigenvalue weighted by Gasteiger charge is -2.40. The second-order valence-corrected chi connectivity index (χ2v) is 20.0. The first-order chi connectivity index (χ1) is 30.0. The molecule has 0 saturated heterocycles. The van der Waals surface area contributed by atoms with Gasteiger partial charge in [-0.3, -0.25) is 0 Å².